The van der Waals surface area contributed by atoms with Crippen LogP contribution >= 0.6 is 0 Å². The molecule has 0 fully saturated rings. The van der Waals surface area contributed by atoms with Gasteiger partial charge in [-0.15, -0.1) is 0 Å². The molecule has 0 heterocycles. The Morgan fingerprint density at radius 2 is 1.94 bits per heavy atom. The van der Waals surface area contributed by atoms with Crippen molar-refractivity contribution in [3.8, 4) is 0 Å². The van der Waals surface area contributed by atoms with E-state index in [1.807, 2.05) is 37.3 Å². The van der Waals surface area contributed by atoms with E-state index in [0.717, 1.165) is 5.56 Å². The fourth-order valence-electron chi connectivity index (χ4n) is 1.91. The molecule has 3 nitrogen and oxygen atoms in total. The van der Waals surface area contributed by atoms with Crippen LogP contribution in [0.3, 0.4) is 0 Å². The lowest BCUT2D eigenvalue weighted by molar-refractivity contribution is -0.161. The van der Waals surface area contributed by atoms with Crippen molar-refractivity contribution in [2.75, 3.05) is 0 Å². The van der Waals surface area contributed by atoms with Gasteiger partial charge in [-0.1, -0.05) is 50.6 Å². The molecule has 0 radical (unpaired) electrons. The first kappa shape index (κ1) is 12.7. The predicted octanol–water partition coefficient (Wildman–Crippen LogP) is 2.41. The van der Waals surface area contributed by atoms with Crippen LogP contribution in [-0.4, -0.2) is 21.8 Å². The van der Waals surface area contributed by atoms with E-state index in [-0.39, 0.29) is 6.42 Å². The number of carboxylic acids is 1. The summed E-state index contributed by atoms with van der Waals surface area (Å²) in [5.41, 5.74) is -0.823. The summed E-state index contributed by atoms with van der Waals surface area (Å²) in [5.74, 6) is -1.56. The van der Waals surface area contributed by atoms with Crippen LogP contribution in [0.1, 0.15) is 38.2 Å². The largest absolute Gasteiger partial charge is 0.479 e. The van der Waals surface area contributed by atoms with E-state index >= 15 is 0 Å². The monoisotopic (exact) mass is 222 g/mol. The molecule has 0 saturated carbocycles. The highest BCUT2D eigenvalue weighted by atomic mass is 16.4. The van der Waals surface area contributed by atoms with Gasteiger partial charge in [-0.3, -0.25) is 0 Å². The van der Waals surface area contributed by atoms with Crippen molar-refractivity contribution in [2.24, 2.45) is 0 Å². The molecular weight excluding hydrogens is 204 g/mol. The lowest BCUT2D eigenvalue weighted by atomic mass is 9.80. The summed E-state index contributed by atoms with van der Waals surface area (Å²) in [6, 6.07) is 9.25. The van der Waals surface area contributed by atoms with Crippen molar-refractivity contribution in [3.63, 3.8) is 0 Å². The van der Waals surface area contributed by atoms with Crippen LogP contribution in [0.5, 0.6) is 0 Å². The van der Waals surface area contributed by atoms with E-state index in [1.165, 1.54) is 0 Å². The van der Waals surface area contributed by atoms with Crippen LogP contribution in [-0.2, 0) is 4.79 Å². The number of benzene rings is 1. The highest BCUT2D eigenvalue weighted by Crippen LogP contribution is 2.32. The molecule has 0 bridgehead atoms. The Bertz CT molecular complexity index is 347. The molecule has 16 heavy (non-hydrogen) atoms. The topological polar surface area (TPSA) is 57.5 Å². The smallest absolute Gasteiger partial charge is 0.336 e. The number of aliphatic carboxylic acids is 1. The van der Waals surface area contributed by atoms with Gasteiger partial charge in [0, 0.05) is 5.92 Å². The van der Waals surface area contributed by atoms with Crippen molar-refractivity contribution in [3.05, 3.63) is 35.9 Å². The van der Waals surface area contributed by atoms with Crippen LogP contribution < -0.4 is 0 Å². The highest BCUT2D eigenvalue weighted by molar-refractivity contribution is 5.78. The average molecular weight is 222 g/mol. The molecule has 0 aromatic heterocycles. The number of rotatable bonds is 5. The minimum atomic E-state index is -1.67. The molecule has 0 aliphatic carbocycles. The van der Waals surface area contributed by atoms with Gasteiger partial charge >= 0.3 is 5.97 Å². The first-order valence-corrected chi connectivity index (χ1v) is 5.53. The van der Waals surface area contributed by atoms with Gasteiger partial charge in [0.15, 0.2) is 5.60 Å². The Balaban J connectivity index is 3.00. The van der Waals surface area contributed by atoms with Crippen molar-refractivity contribution in [2.45, 2.75) is 38.2 Å². The molecule has 88 valence electrons. The Hall–Kier alpha value is -1.35. The van der Waals surface area contributed by atoms with E-state index in [2.05, 4.69) is 0 Å². The number of hydrogen-bond donors (Lipinski definition) is 2. The zero-order valence-electron chi connectivity index (χ0n) is 9.68. The van der Waals surface area contributed by atoms with Crippen molar-refractivity contribution >= 4 is 5.97 Å². The van der Waals surface area contributed by atoms with E-state index in [0.29, 0.717) is 6.42 Å². The maximum Gasteiger partial charge on any atom is 0.336 e. The molecule has 3 heteroatoms. The molecule has 1 aromatic rings. The second-order valence-corrected chi connectivity index (χ2v) is 4.11. The number of carboxylic acid groups (broad SMARTS) is 1. The lowest BCUT2D eigenvalue weighted by Crippen LogP contribution is -2.43. The van der Waals surface area contributed by atoms with Crippen molar-refractivity contribution < 1.29 is 15.0 Å². The highest BCUT2D eigenvalue weighted by Gasteiger charge is 2.41. The Labute approximate surface area is 95.7 Å². The van der Waals surface area contributed by atoms with Gasteiger partial charge < -0.3 is 10.2 Å². The maximum atomic E-state index is 11.2. The molecule has 0 saturated heterocycles. The third kappa shape index (κ3) is 2.42. The van der Waals surface area contributed by atoms with E-state index in [4.69, 9.17) is 5.11 Å². The second-order valence-electron chi connectivity index (χ2n) is 4.11. The second kappa shape index (κ2) is 5.12. The van der Waals surface area contributed by atoms with Gasteiger partial charge in [0.1, 0.15) is 0 Å². The normalized spacial score (nSPS) is 16.4. The van der Waals surface area contributed by atoms with Gasteiger partial charge in [-0.05, 0) is 12.0 Å². The molecule has 0 amide bonds. The zero-order valence-corrected chi connectivity index (χ0v) is 9.68. The standard InChI is InChI=1S/C13H18O3/c1-3-9-13(16,12(14)15)10(2)11-7-5-4-6-8-11/h4-8,10,16H,3,9H2,1-2H3,(H,14,15). The third-order valence-electron chi connectivity index (χ3n) is 3.02. The van der Waals surface area contributed by atoms with Gasteiger partial charge in [-0.2, -0.15) is 0 Å². The predicted molar refractivity (Wildman–Crippen MR) is 62.4 cm³/mol. The summed E-state index contributed by atoms with van der Waals surface area (Å²) >= 11 is 0. The molecule has 2 N–H and O–H groups in total. The molecule has 2 atom stereocenters. The lowest BCUT2D eigenvalue weighted by Gasteiger charge is -2.30. The van der Waals surface area contributed by atoms with Crippen molar-refractivity contribution in [1.82, 2.24) is 0 Å². The maximum absolute atomic E-state index is 11.2. The molecule has 0 aliphatic heterocycles. The van der Waals surface area contributed by atoms with Crippen LogP contribution in [0.4, 0.5) is 0 Å². The quantitative estimate of drug-likeness (QED) is 0.804. The molecule has 1 aromatic carbocycles. The molecule has 0 aliphatic rings. The van der Waals surface area contributed by atoms with Gasteiger partial charge in [0.2, 0.25) is 0 Å². The summed E-state index contributed by atoms with van der Waals surface area (Å²) in [5, 5.41) is 19.4. The molecule has 2 unspecified atom stereocenters. The summed E-state index contributed by atoms with van der Waals surface area (Å²) in [6.45, 7) is 3.62. The molecular formula is C13H18O3. The number of carbonyl (C=O) groups is 1. The minimum absolute atomic E-state index is 0.262. The van der Waals surface area contributed by atoms with Crippen LogP contribution in [0, 0.1) is 0 Å². The van der Waals surface area contributed by atoms with Crippen LogP contribution in [0.25, 0.3) is 0 Å². The Morgan fingerprint density at radius 1 is 1.38 bits per heavy atom. The SMILES string of the molecule is CCCC(O)(C(=O)O)C(C)c1ccccc1. The average Bonchev–Trinajstić information content (AvgIpc) is 2.29. The van der Waals surface area contributed by atoms with Gasteiger partial charge in [0.05, 0.1) is 0 Å². The van der Waals surface area contributed by atoms with E-state index in [9.17, 15) is 9.90 Å². The fraction of sp³-hybridized carbons (Fsp3) is 0.462. The fourth-order valence-corrected chi connectivity index (χ4v) is 1.91. The molecule has 1 rings (SSSR count). The first-order chi connectivity index (χ1) is 7.52. The first-order valence-electron chi connectivity index (χ1n) is 5.53. The van der Waals surface area contributed by atoms with Gasteiger partial charge in [0.25, 0.3) is 0 Å². The minimum Gasteiger partial charge on any atom is -0.479 e. The number of aliphatic hydroxyl groups is 1. The van der Waals surface area contributed by atoms with Crippen molar-refractivity contribution in [1.29, 1.82) is 0 Å². The number of hydrogen-bond acceptors (Lipinski definition) is 2. The summed E-state index contributed by atoms with van der Waals surface area (Å²) in [4.78, 5) is 11.2. The molecule has 0 spiro atoms. The summed E-state index contributed by atoms with van der Waals surface area (Å²) < 4.78 is 0. The Kier molecular flexibility index (Phi) is 4.07. The van der Waals surface area contributed by atoms with Crippen LogP contribution in [0.15, 0.2) is 30.3 Å². The summed E-state index contributed by atoms with van der Waals surface area (Å²) in [7, 11) is 0. The zero-order chi connectivity index (χ0) is 12.2. The third-order valence-corrected chi connectivity index (χ3v) is 3.02. The Morgan fingerprint density at radius 3 is 2.38 bits per heavy atom. The van der Waals surface area contributed by atoms with E-state index in [1.54, 1.807) is 6.92 Å². The van der Waals surface area contributed by atoms with Gasteiger partial charge in [-0.25, -0.2) is 4.79 Å². The van der Waals surface area contributed by atoms with Crippen LogP contribution in [0.2, 0.25) is 0 Å². The van der Waals surface area contributed by atoms with E-state index < -0.39 is 17.5 Å². The summed E-state index contributed by atoms with van der Waals surface area (Å²) in [6.07, 6.45) is 0.901.